The molecule has 0 aliphatic rings. The molecular weight excluding hydrogens is 148 g/mol. The third-order valence-electron chi connectivity index (χ3n) is 1.87. The summed E-state index contributed by atoms with van der Waals surface area (Å²) in [5, 5.41) is 3.38. The van der Waals surface area contributed by atoms with Gasteiger partial charge in [-0.3, -0.25) is 4.90 Å². The number of hydrogen-bond donors (Lipinski definition) is 1. The summed E-state index contributed by atoms with van der Waals surface area (Å²) in [5.41, 5.74) is 0. The maximum absolute atomic E-state index is 3.73. The summed E-state index contributed by atoms with van der Waals surface area (Å²) in [5.74, 6) is 0. The Labute approximate surface area is 76.6 Å². The number of nitrogens with zero attached hydrogens (tertiary/aromatic N) is 1. The maximum Gasteiger partial charge on any atom is 0.0161 e. The molecule has 0 rings (SSSR count). The number of rotatable bonds is 8. The smallest absolute Gasteiger partial charge is 0.0161 e. The molecule has 0 aliphatic carbocycles. The molecule has 0 aromatic carbocycles. The summed E-state index contributed by atoms with van der Waals surface area (Å²) in [6.45, 7) is 13.6. The van der Waals surface area contributed by atoms with E-state index >= 15 is 0 Å². The van der Waals surface area contributed by atoms with Gasteiger partial charge in [-0.25, -0.2) is 0 Å². The first-order valence-electron chi connectivity index (χ1n) is 4.89. The monoisotopic (exact) mass is 170 g/mol. The van der Waals surface area contributed by atoms with Gasteiger partial charge >= 0.3 is 0 Å². The van der Waals surface area contributed by atoms with Crippen LogP contribution >= 0.6 is 0 Å². The Morgan fingerprint density at radius 3 is 2.58 bits per heavy atom. The van der Waals surface area contributed by atoms with Crippen LogP contribution in [0.5, 0.6) is 0 Å². The average Bonchev–Trinajstić information content (AvgIpc) is 2.10. The van der Waals surface area contributed by atoms with E-state index < -0.39 is 0 Å². The second-order valence-corrected chi connectivity index (χ2v) is 2.93. The molecular formula is C10H22N2. The minimum absolute atomic E-state index is 1.00. The fraction of sp³-hybridized carbons (Fsp3) is 0.800. The van der Waals surface area contributed by atoms with Crippen molar-refractivity contribution in [3.05, 3.63) is 12.7 Å². The van der Waals surface area contributed by atoms with Crippen molar-refractivity contribution in [2.24, 2.45) is 0 Å². The van der Waals surface area contributed by atoms with Gasteiger partial charge in [0, 0.05) is 19.6 Å². The average molecular weight is 170 g/mol. The molecule has 2 nitrogen and oxygen atoms in total. The third-order valence-corrected chi connectivity index (χ3v) is 1.87. The molecule has 72 valence electrons. The second kappa shape index (κ2) is 8.75. The first-order valence-corrected chi connectivity index (χ1v) is 4.89. The van der Waals surface area contributed by atoms with Gasteiger partial charge in [-0.2, -0.15) is 0 Å². The SMILES string of the molecule is C=CCN(CC)CCNCCC. The minimum atomic E-state index is 1.00. The highest BCUT2D eigenvalue weighted by atomic mass is 15.1. The molecule has 0 aliphatic heterocycles. The maximum atomic E-state index is 3.73. The van der Waals surface area contributed by atoms with Crippen molar-refractivity contribution in [3.63, 3.8) is 0 Å². The lowest BCUT2D eigenvalue weighted by atomic mass is 10.4. The van der Waals surface area contributed by atoms with Crippen LogP contribution in [-0.2, 0) is 0 Å². The zero-order chi connectivity index (χ0) is 9.23. The molecule has 0 saturated carbocycles. The van der Waals surface area contributed by atoms with Crippen LogP contribution in [0.4, 0.5) is 0 Å². The molecule has 0 fully saturated rings. The van der Waals surface area contributed by atoms with Gasteiger partial charge < -0.3 is 5.32 Å². The van der Waals surface area contributed by atoms with Crippen LogP contribution in [0.2, 0.25) is 0 Å². The van der Waals surface area contributed by atoms with Gasteiger partial charge in [-0.1, -0.05) is 19.9 Å². The van der Waals surface area contributed by atoms with E-state index in [1.165, 1.54) is 6.42 Å². The number of nitrogens with one attached hydrogen (secondary N) is 1. The van der Waals surface area contributed by atoms with Crippen molar-refractivity contribution >= 4 is 0 Å². The van der Waals surface area contributed by atoms with Gasteiger partial charge in [0.25, 0.3) is 0 Å². The van der Waals surface area contributed by atoms with Crippen molar-refractivity contribution < 1.29 is 0 Å². The van der Waals surface area contributed by atoms with Crippen LogP contribution in [0, 0.1) is 0 Å². The number of likely N-dealkylation sites (N-methyl/N-ethyl adjacent to an activating group) is 1. The normalized spacial score (nSPS) is 10.6. The minimum Gasteiger partial charge on any atom is -0.315 e. The molecule has 0 saturated heterocycles. The summed E-state index contributed by atoms with van der Waals surface area (Å²) < 4.78 is 0. The van der Waals surface area contributed by atoms with Gasteiger partial charge in [0.05, 0.1) is 0 Å². The van der Waals surface area contributed by atoms with Crippen LogP contribution in [0.25, 0.3) is 0 Å². The topological polar surface area (TPSA) is 15.3 Å². The quantitative estimate of drug-likeness (QED) is 0.438. The molecule has 2 heteroatoms. The standard InChI is InChI=1S/C10H22N2/c1-4-7-11-8-10-12(6-3)9-5-2/h5,11H,2,4,6-10H2,1,3H3. The lowest BCUT2D eigenvalue weighted by Gasteiger charge is -2.18. The molecule has 0 unspecified atom stereocenters. The largest absolute Gasteiger partial charge is 0.315 e. The van der Waals surface area contributed by atoms with E-state index in [1.807, 2.05) is 6.08 Å². The van der Waals surface area contributed by atoms with Crippen LogP contribution in [0.3, 0.4) is 0 Å². The van der Waals surface area contributed by atoms with Crippen LogP contribution in [0.1, 0.15) is 20.3 Å². The lowest BCUT2D eigenvalue weighted by Crippen LogP contribution is -2.32. The molecule has 0 aromatic heterocycles. The van der Waals surface area contributed by atoms with E-state index in [4.69, 9.17) is 0 Å². The summed E-state index contributed by atoms with van der Waals surface area (Å²) in [7, 11) is 0. The first-order chi connectivity index (χ1) is 5.85. The Morgan fingerprint density at radius 1 is 1.33 bits per heavy atom. The zero-order valence-corrected chi connectivity index (χ0v) is 8.47. The van der Waals surface area contributed by atoms with E-state index in [2.05, 4.69) is 30.6 Å². The van der Waals surface area contributed by atoms with Crippen molar-refractivity contribution in [1.82, 2.24) is 10.2 Å². The Kier molecular flexibility index (Phi) is 8.51. The summed E-state index contributed by atoms with van der Waals surface area (Å²) in [4.78, 5) is 2.37. The van der Waals surface area contributed by atoms with Gasteiger partial charge in [-0.15, -0.1) is 6.58 Å². The summed E-state index contributed by atoms with van der Waals surface area (Å²) >= 11 is 0. The highest BCUT2D eigenvalue weighted by Crippen LogP contribution is 1.85. The van der Waals surface area contributed by atoms with Crippen LogP contribution in [0.15, 0.2) is 12.7 Å². The molecule has 0 spiro atoms. The Balaban J connectivity index is 3.25. The highest BCUT2D eigenvalue weighted by Gasteiger charge is 1.97. The van der Waals surface area contributed by atoms with Gasteiger partial charge in [-0.05, 0) is 19.5 Å². The predicted octanol–water partition coefficient (Wildman–Crippen LogP) is 1.49. The van der Waals surface area contributed by atoms with Crippen molar-refractivity contribution in [1.29, 1.82) is 0 Å². The second-order valence-electron chi connectivity index (χ2n) is 2.93. The van der Waals surface area contributed by atoms with E-state index in [0.717, 1.165) is 32.7 Å². The molecule has 0 heterocycles. The molecule has 0 bridgehead atoms. The van der Waals surface area contributed by atoms with E-state index in [1.54, 1.807) is 0 Å². The molecule has 0 atom stereocenters. The highest BCUT2D eigenvalue weighted by molar-refractivity contribution is 4.72. The molecule has 0 radical (unpaired) electrons. The first kappa shape index (κ1) is 11.7. The van der Waals surface area contributed by atoms with Crippen LogP contribution in [-0.4, -0.2) is 37.6 Å². The fourth-order valence-corrected chi connectivity index (χ4v) is 1.10. The summed E-state index contributed by atoms with van der Waals surface area (Å²) in [6, 6.07) is 0. The Morgan fingerprint density at radius 2 is 2.08 bits per heavy atom. The van der Waals surface area contributed by atoms with E-state index in [-0.39, 0.29) is 0 Å². The van der Waals surface area contributed by atoms with Crippen LogP contribution < -0.4 is 5.32 Å². The van der Waals surface area contributed by atoms with Crippen molar-refractivity contribution in [3.8, 4) is 0 Å². The summed E-state index contributed by atoms with van der Waals surface area (Å²) in [6.07, 6.45) is 3.18. The van der Waals surface area contributed by atoms with Gasteiger partial charge in [0.1, 0.15) is 0 Å². The van der Waals surface area contributed by atoms with Gasteiger partial charge in [0.2, 0.25) is 0 Å². The van der Waals surface area contributed by atoms with Crippen molar-refractivity contribution in [2.45, 2.75) is 20.3 Å². The lowest BCUT2D eigenvalue weighted by molar-refractivity contribution is 0.317. The predicted molar refractivity (Wildman–Crippen MR) is 55.5 cm³/mol. The molecule has 12 heavy (non-hydrogen) atoms. The Bertz CT molecular complexity index is 102. The molecule has 1 N–H and O–H groups in total. The Hall–Kier alpha value is -0.340. The van der Waals surface area contributed by atoms with E-state index in [9.17, 15) is 0 Å². The van der Waals surface area contributed by atoms with Crippen molar-refractivity contribution in [2.75, 3.05) is 32.7 Å². The zero-order valence-electron chi connectivity index (χ0n) is 8.47. The molecule has 0 aromatic rings. The third kappa shape index (κ3) is 6.38. The van der Waals surface area contributed by atoms with E-state index in [0.29, 0.717) is 0 Å². The van der Waals surface area contributed by atoms with Gasteiger partial charge in [0.15, 0.2) is 0 Å². The fourth-order valence-electron chi connectivity index (χ4n) is 1.10. The molecule has 0 amide bonds. The number of hydrogen-bond acceptors (Lipinski definition) is 2.